The Morgan fingerprint density at radius 2 is 1.21 bits per heavy atom. The summed E-state index contributed by atoms with van der Waals surface area (Å²) in [6.07, 6.45) is 8.41. The van der Waals surface area contributed by atoms with E-state index in [4.69, 9.17) is 0 Å². The summed E-state index contributed by atoms with van der Waals surface area (Å²) in [7, 11) is 0. The van der Waals surface area contributed by atoms with Gasteiger partial charge in [-0.3, -0.25) is 0 Å². The van der Waals surface area contributed by atoms with Crippen LogP contribution in [0.15, 0.2) is 84.9 Å². The molecule has 4 fully saturated rings. The van der Waals surface area contributed by atoms with E-state index >= 15 is 0 Å². The van der Waals surface area contributed by atoms with Gasteiger partial charge in [0.05, 0.1) is 0 Å². The maximum absolute atomic E-state index is 2.58. The molecule has 10 rings (SSSR count). The second-order valence-electron chi connectivity index (χ2n) is 19.0. The third kappa shape index (κ3) is 3.42. The van der Waals surface area contributed by atoms with Crippen LogP contribution in [0.5, 0.6) is 0 Å². The third-order valence-electron chi connectivity index (χ3n) is 15.0. The van der Waals surface area contributed by atoms with Crippen molar-refractivity contribution in [1.82, 2.24) is 0 Å². The summed E-state index contributed by atoms with van der Waals surface area (Å²) >= 11 is 0. The van der Waals surface area contributed by atoms with Gasteiger partial charge in [-0.2, -0.15) is 0 Å². The minimum absolute atomic E-state index is 0.122. The Kier molecular flexibility index (Phi) is 5.38. The Hall–Kier alpha value is -3.32. The van der Waals surface area contributed by atoms with E-state index < -0.39 is 0 Å². The number of benzene rings is 4. The summed E-state index contributed by atoms with van der Waals surface area (Å²) in [6, 6.07) is 34.0. The van der Waals surface area contributed by atoms with Crippen LogP contribution in [0.2, 0.25) is 0 Å². The molecule has 0 N–H and O–H groups in total. The van der Waals surface area contributed by atoms with Gasteiger partial charge in [-0.25, -0.2) is 0 Å². The lowest BCUT2D eigenvalue weighted by Crippen LogP contribution is -2.73. The predicted molar refractivity (Wildman–Crippen MR) is 196 cm³/mol. The van der Waals surface area contributed by atoms with Gasteiger partial charge in [0, 0.05) is 22.5 Å². The van der Waals surface area contributed by atoms with E-state index in [2.05, 4.69) is 138 Å². The Bertz CT molecular complexity index is 1970. The fourth-order valence-electron chi connectivity index (χ4n) is 12.7. The summed E-state index contributed by atoms with van der Waals surface area (Å²) in [5, 5.41) is 0. The van der Waals surface area contributed by atoms with Crippen molar-refractivity contribution in [2.45, 2.75) is 109 Å². The van der Waals surface area contributed by atoms with Crippen molar-refractivity contribution in [1.29, 1.82) is 0 Å². The molecule has 0 heterocycles. The molecule has 6 unspecified atom stereocenters. The molecule has 0 amide bonds. The summed E-state index contributed by atoms with van der Waals surface area (Å²) in [5.74, 6) is 3.69. The first-order chi connectivity index (χ1) is 22.4. The van der Waals surface area contributed by atoms with Gasteiger partial charge in [0.25, 0.3) is 0 Å². The monoisotopic (exact) mass is 617 g/mol. The first-order valence-electron chi connectivity index (χ1n) is 18.7. The zero-order valence-electron chi connectivity index (χ0n) is 29.6. The van der Waals surface area contributed by atoms with Gasteiger partial charge in [-0.05, 0) is 159 Å². The summed E-state index contributed by atoms with van der Waals surface area (Å²) in [5.41, 5.74) is 15.9. The van der Waals surface area contributed by atoms with E-state index in [1.165, 1.54) is 83.4 Å². The lowest BCUT2D eigenvalue weighted by atomic mass is 9.27. The Labute approximate surface area is 282 Å². The maximum Gasteiger partial charge on any atom is 0.0468 e. The summed E-state index contributed by atoms with van der Waals surface area (Å²) in [6.45, 7) is 16.7. The zero-order valence-corrected chi connectivity index (χ0v) is 29.6. The number of fused-ring (bicyclic) bond motifs is 9. The van der Waals surface area contributed by atoms with E-state index in [-0.39, 0.29) is 21.7 Å². The fourth-order valence-corrected chi connectivity index (χ4v) is 12.7. The second kappa shape index (κ2) is 8.82. The minimum atomic E-state index is 0.122. The van der Waals surface area contributed by atoms with Gasteiger partial charge in [-0.15, -0.1) is 0 Å². The molecule has 4 aromatic carbocycles. The number of nitrogens with zero attached hydrogens (tertiary/aromatic N) is 1. The molecule has 2 spiro atoms. The van der Waals surface area contributed by atoms with Gasteiger partial charge >= 0.3 is 0 Å². The molecule has 1 heteroatoms. The van der Waals surface area contributed by atoms with Crippen molar-refractivity contribution in [3.8, 4) is 11.1 Å². The highest BCUT2D eigenvalue weighted by Gasteiger charge is 2.84. The Balaban J connectivity index is 1.15. The predicted octanol–water partition coefficient (Wildman–Crippen LogP) is 12.1. The van der Waals surface area contributed by atoms with E-state index in [9.17, 15) is 0 Å². The van der Waals surface area contributed by atoms with Crippen molar-refractivity contribution >= 4 is 17.1 Å². The van der Waals surface area contributed by atoms with E-state index in [0.29, 0.717) is 5.41 Å². The average Bonchev–Trinajstić information content (AvgIpc) is 3.67. The molecule has 47 heavy (non-hydrogen) atoms. The average molecular weight is 618 g/mol. The molecular formula is C46H51N. The highest BCUT2D eigenvalue weighted by Crippen LogP contribution is 2.89. The molecule has 0 aliphatic heterocycles. The standard InChI is InChI=1S/C46H51N/c1-42(2,3)29-12-14-31(15-13-29)47(33-17-19-38-39(26-33)44(6,7)21-20-43(38,4)5)32-16-18-37-35(25-32)34-10-8-9-11-36(34)46(37)40-23-28-22-30-24-41(46)45(30,40)27-28/h8-19,25-26,28,30,40-41H,20-24,27H2,1-7H3. The zero-order chi connectivity index (χ0) is 32.3. The first-order valence-corrected chi connectivity index (χ1v) is 18.7. The van der Waals surface area contributed by atoms with Gasteiger partial charge < -0.3 is 4.90 Å². The molecule has 6 aliphatic carbocycles. The smallest absolute Gasteiger partial charge is 0.0468 e. The molecule has 240 valence electrons. The maximum atomic E-state index is 2.58. The van der Waals surface area contributed by atoms with Gasteiger partial charge in [-0.1, -0.05) is 97.0 Å². The Morgan fingerprint density at radius 1 is 0.596 bits per heavy atom. The number of anilines is 3. The van der Waals surface area contributed by atoms with Crippen molar-refractivity contribution in [2.24, 2.45) is 29.1 Å². The van der Waals surface area contributed by atoms with Crippen molar-refractivity contribution in [3.05, 3.63) is 113 Å². The van der Waals surface area contributed by atoms with Crippen LogP contribution in [-0.4, -0.2) is 0 Å². The molecule has 6 atom stereocenters. The van der Waals surface area contributed by atoms with Crippen LogP contribution in [0.1, 0.15) is 115 Å². The molecule has 0 saturated heterocycles. The highest BCUT2D eigenvalue weighted by atomic mass is 15.1. The topological polar surface area (TPSA) is 3.24 Å². The van der Waals surface area contributed by atoms with Crippen LogP contribution >= 0.6 is 0 Å². The lowest BCUT2D eigenvalue weighted by molar-refractivity contribution is -0.231. The Morgan fingerprint density at radius 3 is 1.94 bits per heavy atom. The van der Waals surface area contributed by atoms with E-state index in [1.54, 1.807) is 11.1 Å². The van der Waals surface area contributed by atoms with Crippen LogP contribution in [0.3, 0.4) is 0 Å². The molecule has 6 aliphatic rings. The van der Waals surface area contributed by atoms with Crippen molar-refractivity contribution < 1.29 is 0 Å². The largest absolute Gasteiger partial charge is 0.310 e. The summed E-state index contributed by atoms with van der Waals surface area (Å²) < 4.78 is 0. The number of hydrogen-bond acceptors (Lipinski definition) is 1. The minimum Gasteiger partial charge on any atom is -0.310 e. The van der Waals surface area contributed by atoms with E-state index in [0.717, 1.165) is 23.7 Å². The molecule has 0 aromatic heterocycles. The van der Waals surface area contributed by atoms with E-state index in [1.807, 2.05) is 0 Å². The normalized spacial score (nSPS) is 32.6. The van der Waals surface area contributed by atoms with Gasteiger partial charge in [0.2, 0.25) is 0 Å². The third-order valence-corrected chi connectivity index (χ3v) is 15.0. The molecule has 1 nitrogen and oxygen atoms in total. The highest BCUT2D eigenvalue weighted by molar-refractivity contribution is 5.88. The van der Waals surface area contributed by atoms with Crippen molar-refractivity contribution in [2.75, 3.05) is 4.90 Å². The molecule has 0 radical (unpaired) electrons. The van der Waals surface area contributed by atoms with Crippen LogP contribution in [0, 0.1) is 29.1 Å². The molecule has 2 bridgehead atoms. The van der Waals surface area contributed by atoms with Crippen LogP contribution in [0.4, 0.5) is 17.1 Å². The second-order valence-corrected chi connectivity index (χ2v) is 19.0. The molecule has 4 saturated carbocycles. The van der Waals surface area contributed by atoms with Gasteiger partial charge in [0.15, 0.2) is 0 Å². The quantitative estimate of drug-likeness (QED) is 0.221. The summed E-state index contributed by atoms with van der Waals surface area (Å²) in [4.78, 5) is 2.55. The SMILES string of the molecule is CC(C)(C)c1ccc(N(c2ccc3c(c2)-c2ccccc2C32C3CC4CC5CC2C53C4)c2ccc3c(c2)C(C)(C)CCC3(C)C)cc1. The molecule has 4 aromatic rings. The van der Waals surface area contributed by atoms with Gasteiger partial charge in [0.1, 0.15) is 0 Å². The van der Waals surface area contributed by atoms with Crippen molar-refractivity contribution in [3.63, 3.8) is 0 Å². The first kappa shape index (κ1) is 28.7. The van der Waals surface area contributed by atoms with Crippen LogP contribution in [0.25, 0.3) is 11.1 Å². The number of rotatable bonds is 3. The van der Waals surface area contributed by atoms with Crippen LogP contribution < -0.4 is 4.90 Å². The fraction of sp³-hybridized carbons (Fsp3) is 0.478. The lowest BCUT2D eigenvalue weighted by Gasteiger charge is -2.76. The van der Waals surface area contributed by atoms with Crippen LogP contribution in [-0.2, 0) is 21.7 Å². The number of hydrogen-bond donors (Lipinski definition) is 0. The molecular weight excluding hydrogens is 567 g/mol.